The van der Waals surface area contributed by atoms with Crippen LogP contribution < -0.4 is 14.4 Å². The van der Waals surface area contributed by atoms with Gasteiger partial charge < -0.3 is 15.0 Å². The van der Waals surface area contributed by atoms with Crippen LogP contribution in [0.25, 0.3) is 0 Å². The van der Waals surface area contributed by atoms with Crippen molar-refractivity contribution in [2.75, 3.05) is 24.5 Å². The molecular weight excluding hydrogens is 533 g/mol. The van der Waals surface area contributed by atoms with Crippen molar-refractivity contribution in [2.24, 2.45) is 5.92 Å². The van der Waals surface area contributed by atoms with Gasteiger partial charge in [0.15, 0.2) is 0 Å². The van der Waals surface area contributed by atoms with Gasteiger partial charge in [0.1, 0.15) is 24.2 Å². The molecule has 0 aliphatic rings. The lowest BCUT2D eigenvalue weighted by Crippen LogP contribution is -2.51. The Morgan fingerprint density at radius 3 is 2.23 bits per heavy atom. The highest BCUT2D eigenvalue weighted by atomic mass is 32.2. The molecule has 0 aliphatic heterocycles. The summed E-state index contributed by atoms with van der Waals surface area (Å²) < 4.78 is 47.4. The molecule has 1 atom stereocenters. The summed E-state index contributed by atoms with van der Waals surface area (Å²) in [4.78, 5) is 28.2. The SMILES string of the molecule is COc1cccc(CN(C(=O)CN(c2ccc(C)cc2)S(=O)(=O)c2ccc(F)cc2)[C@@H](C)C(=O)NCC(C)C)c1. The van der Waals surface area contributed by atoms with Gasteiger partial charge >= 0.3 is 0 Å². The molecule has 0 aromatic heterocycles. The van der Waals surface area contributed by atoms with Gasteiger partial charge in [0.25, 0.3) is 10.0 Å². The lowest BCUT2D eigenvalue weighted by Gasteiger charge is -2.32. The van der Waals surface area contributed by atoms with Gasteiger partial charge in [-0.2, -0.15) is 0 Å². The minimum absolute atomic E-state index is 0.0463. The Hall–Kier alpha value is -3.92. The number of amides is 2. The number of sulfonamides is 1. The fourth-order valence-corrected chi connectivity index (χ4v) is 5.39. The van der Waals surface area contributed by atoms with Crippen molar-refractivity contribution in [1.82, 2.24) is 10.2 Å². The third kappa shape index (κ3) is 7.81. The fourth-order valence-electron chi connectivity index (χ4n) is 3.98. The van der Waals surface area contributed by atoms with Crippen molar-refractivity contribution in [1.29, 1.82) is 0 Å². The summed E-state index contributed by atoms with van der Waals surface area (Å²) in [6, 6.07) is 17.3. The van der Waals surface area contributed by atoms with Gasteiger partial charge in [-0.25, -0.2) is 12.8 Å². The first-order valence-corrected chi connectivity index (χ1v) is 14.4. The number of nitrogens with zero attached hydrogens (tertiary/aromatic N) is 2. The number of hydrogen-bond donors (Lipinski definition) is 1. The van der Waals surface area contributed by atoms with Gasteiger partial charge in [0.2, 0.25) is 11.8 Å². The van der Waals surface area contributed by atoms with Crippen LogP contribution in [-0.2, 0) is 26.2 Å². The molecule has 1 N–H and O–H groups in total. The van der Waals surface area contributed by atoms with E-state index in [1.165, 1.54) is 12.0 Å². The summed E-state index contributed by atoms with van der Waals surface area (Å²) in [5.41, 5.74) is 1.88. The van der Waals surface area contributed by atoms with E-state index in [1.54, 1.807) is 55.5 Å². The summed E-state index contributed by atoms with van der Waals surface area (Å²) in [7, 11) is -2.73. The van der Waals surface area contributed by atoms with Crippen LogP contribution in [0.1, 0.15) is 31.9 Å². The molecule has 0 aliphatic carbocycles. The van der Waals surface area contributed by atoms with Crippen LogP contribution in [0.15, 0.2) is 77.7 Å². The first kappa shape index (κ1) is 30.6. The maximum atomic E-state index is 13.9. The Kier molecular flexibility index (Phi) is 10.3. The number of methoxy groups -OCH3 is 1. The minimum atomic E-state index is -4.26. The van der Waals surface area contributed by atoms with Crippen LogP contribution >= 0.6 is 0 Å². The molecule has 0 saturated carbocycles. The number of benzene rings is 3. The zero-order valence-electron chi connectivity index (χ0n) is 23.4. The lowest BCUT2D eigenvalue weighted by atomic mass is 10.1. The van der Waals surface area contributed by atoms with Crippen LogP contribution in [0.2, 0.25) is 0 Å². The number of carbonyl (C=O) groups is 2. The van der Waals surface area contributed by atoms with E-state index in [1.807, 2.05) is 20.8 Å². The summed E-state index contributed by atoms with van der Waals surface area (Å²) in [5.74, 6) is -0.726. The van der Waals surface area contributed by atoms with E-state index in [4.69, 9.17) is 4.74 Å². The molecule has 2 amide bonds. The maximum Gasteiger partial charge on any atom is 0.264 e. The van der Waals surface area contributed by atoms with E-state index in [0.717, 1.165) is 34.1 Å². The van der Waals surface area contributed by atoms with E-state index in [2.05, 4.69) is 5.32 Å². The normalized spacial score (nSPS) is 12.1. The molecule has 3 aromatic rings. The third-order valence-corrected chi connectivity index (χ3v) is 8.13. The summed E-state index contributed by atoms with van der Waals surface area (Å²) in [6.07, 6.45) is 0. The Labute approximate surface area is 235 Å². The molecule has 0 heterocycles. The summed E-state index contributed by atoms with van der Waals surface area (Å²) in [6.45, 7) is 7.30. The van der Waals surface area contributed by atoms with Crippen LogP contribution in [-0.4, -0.2) is 51.4 Å². The highest BCUT2D eigenvalue weighted by Crippen LogP contribution is 2.25. The molecule has 3 rings (SSSR count). The van der Waals surface area contributed by atoms with Crippen LogP contribution in [0.4, 0.5) is 10.1 Å². The van der Waals surface area contributed by atoms with Crippen molar-refractivity contribution in [2.45, 2.75) is 45.2 Å². The molecule has 214 valence electrons. The van der Waals surface area contributed by atoms with Crippen LogP contribution in [0, 0.1) is 18.7 Å². The molecule has 40 heavy (non-hydrogen) atoms. The summed E-state index contributed by atoms with van der Waals surface area (Å²) >= 11 is 0. The number of carbonyl (C=O) groups excluding carboxylic acids is 2. The Bertz CT molecular complexity index is 1410. The Morgan fingerprint density at radius 2 is 1.62 bits per heavy atom. The average molecular weight is 570 g/mol. The van der Waals surface area contributed by atoms with E-state index >= 15 is 0 Å². The number of halogens is 1. The molecule has 0 fully saturated rings. The number of aryl methyl sites for hydroxylation is 1. The third-order valence-electron chi connectivity index (χ3n) is 6.34. The topological polar surface area (TPSA) is 96.0 Å². The smallest absolute Gasteiger partial charge is 0.264 e. The van der Waals surface area contributed by atoms with Gasteiger partial charge in [-0.15, -0.1) is 0 Å². The zero-order valence-corrected chi connectivity index (χ0v) is 24.2. The molecule has 8 nitrogen and oxygen atoms in total. The number of hydrogen-bond acceptors (Lipinski definition) is 5. The van der Waals surface area contributed by atoms with Crippen molar-refractivity contribution in [3.05, 3.63) is 89.7 Å². The Balaban J connectivity index is 2.01. The fraction of sp³-hybridized carbons (Fsp3) is 0.333. The first-order valence-electron chi connectivity index (χ1n) is 13.0. The van der Waals surface area contributed by atoms with E-state index in [9.17, 15) is 22.4 Å². The first-order chi connectivity index (χ1) is 18.9. The Morgan fingerprint density at radius 1 is 0.975 bits per heavy atom. The minimum Gasteiger partial charge on any atom is -0.497 e. The van der Waals surface area contributed by atoms with Crippen LogP contribution in [0.5, 0.6) is 5.75 Å². The van der Waals surface area contributed by atoms with Gasteiger partial charge in [-0.3, -0.25) is 13.9 Å². The quantitative estimate of drug-likeness (QED) is 0.346. The number of ether oxygens (including phenoxy) is 1. The van der Waals surface area contributed by atoms with E-state index in [-0.39, 0.29) is 29.0 Å². The molecule has 0 unspecified atom stereocenters. The lowest BCUT2D eigenvalue weighted by molar-refractivity contribution is -0.139. The maximum absolute atomic E-state index is 13.9. The molecule has 0 spiro atoms. The standard InChI is InChI=1S/C30H36FN3O5S/c1-21(2)18-32-30(36)23(4)33(19-24-7-6-8-27(17-24)39-5)29(35)20-34(26-13-9-22(3)10-14-26)40(37,38)28-15-11-25(31)12-16-28/h6-17,21,23H,18-20H2,1-5H3,(H,32,36)/t23-/m0/s1. The van der Waals surface area contributed by atoms with Crippen molar-refractivity contribution >= 4 is 27.5 Å². The van der Waals surface area contributed by atoms with Gasteiger partial charge in [-0.05, 0) is 73.9 Å². The van der Waals surface area contributed by atoms with Gasteiger partial charge in [-0.1, -0.05) is 43.7 Å². The largest absolute Gasteiger partial charge is 0.497 e. The monoisotopic (exact) mass is 569 g/mol. The van der Waals surface area contributed by atoms with Crippen molar-refractivity contribution in [3.63, 3.8) is 0 Å². The number of rotatable bonds is 12. The van der Waals surface area contributed by atoms with E-state index in [0.29, 0.717) is 17.9 Å². The molecule has 0 saturated heterocycles. The number of anilines is 1. The second-order valence-corrected chi connectivity index (χ2v) is 11.9. The second-order valence-electron chi connectivity index (χ2n) is 9.99. The zero-order chi connectivity index (χ0) is 29.4. The van der Waals surface area contributed by atoms with Gasteiger partial charge in [0, 0.05) is 13.1 Å². The predicted molar refractivity (Wildman–Crippen MR) is 153 cm³/mol. The summed E-state index contributed by atoms with van der Waals surface area (Å²) in [5, 5.41) is 2.85. The van der Waals surface area contributed by atoms with Gasteiger partial charge in [0.05, 0.1) is 17.7 Å². The van der Waals surface area contributed by atoms with Crippen molar-refractivity contribution < 1.29 is 27.1 Å². The second kappa shape index (κ2) is 13.4. The highest BCUT2D eigenvalue weighted by molar-refractivity contribution is 7.92. The molecule has 0 bridgehead atoms. The van der Waals surface area contributed by atoms with E-state index < -0.39 is 34.3 Å². The average Bonchev–Trinajstić information content (AvgIpc) is 2.93. The molecular formula is C30H36FN3O5S. The van der Waals surface area contributed by atoms with Crippen LogP contribution in [0.3, 0.4) is 0 Å². The number of nitrogens with one attached hydrogen (secondary N) is 1. The van der Waals surface area contributed by atoms with Crippen molar-refractivity contribution in [3.8, 4) is 5.75 Å². The molecule has 10 heteroatoms. The highest BCUT2D eigenvalue weighted by Gasteiger charge is 2.32. The predicted octanol–water partition coefficient (Wildman–Crippen LogP) is 4.53. The molecule has 3 aromatic carbocycles. The molecule has 0 radical (unpaired) electrons.